The molecule has 2 fully saturated rings. The first-order chi connectivity index (χ1) is 14.4. The maximum atomic E-state index is 13.7. The third-order valence-corrected chi connectivity index (χ3v) is 8.49. The fourth-order valence-electron chi connectivity index (χ4n) is 7.07. The van der Waals surface area contributed by atoms with Crippen molar-refractivity contribution in [2.24, 2.45) is 17.3 Å². The molecular formula is C27H29FO2. The molecule has 1 aromatic rings. The molecule has 0 saturated heterocycles. The molecule has 156 valence electrons. The Kier molecular flexibility index (Phi) is 4.56. The molecule has 0 amide bonds. The number of carbonyl (C=O) groups excluding carboxylic acids is 1. The van der Waals surface area contributed by atoms with Crippen LogP contribution in [0.15, 0.2) is 47.1 Å². The molecule has 4 aliphatic rings. The number of allylic oxidation sites excluding steroid dienone is 4. The van der Waals surface area contributed by atoms with E-state index in [-0.39, 0.29) is 22.9 Å². The summed E-state index contributed by atoms with van der Waals surface area (Å²) in [6, 6.07) is 6.89. The van der Waals surface area contributed by atoms with Crippen molar-refractivity contribution in [3.05, 3.63) is 58.4 Å². The van der Waals surface area contributed by atoms with Crippen LogP contribution in [0.1, 0.15) is 70.3 Å². The summed E-state index contributed by atoms with van der Waals surface area (Å²) in [5.74, 6) is 7.08. The maximum Gasteiger partial charge on any atom is 0.156 e. The van der Waals surface area contributed by atoms with Gasteiger partial charge in [0.25, 0.3) is 0 Å². The summed E-state index contributed by atoms with van der Waals surface area (Å²) < 4.78 is 13.7. The molecule has 30 heavy (non-hydrogen) atoms. The summed E-state index contributed by atoms with van der Waals surface area (Å²) in [5.41, 5.74) is 3.90. The molecule has 2 nitrogen and oxygen atoms in total. The van der Waals surface area contributed by atoms with Gasteiger partial charge < -0.3 is 5.11 Å². The summed E-state index contributed by atoms with van der Waals surface area (Å²) in [7, 11) is 0. The Hall–Kier alpha value is -2.18. The van der Waals surface area contributed by atoms with Gasteiger partial charge in [0.1, 0.15) is 11.4 Å². The molecule has 1 N–H and O–H groups in total. The van der Waals surface area contributed by atoms with Crippen LogP contribution in [0.4, 0.5) is 4.39 Å². The molecule has 0 heterocycles. The minimum Gasteiger partial charge on any atom is -0.377 e. The molecule has 4 aliphatic carbocycles. The van der Waals surface area contributed by atoms with Crippen LogP contribution in [-0.2, 0) is 4.79 Å². The zero-order chi connectivity index (χ0) is 21.1. The number of hydrogen-bond acceptors (Lipinski definition) is 2. The van der Waals surface area contributed by atoms with Gasteiger partial charge in [-0.25, -0.2) is 4.39 Å². The van der Waals surface area contributed by atoms with Gasteiger partial charge in [-0.3, -0.25) is 4.79 Å². The Bertz CT molecular complexity index is 1020. The van der Waals surface area contributed by atoms with Crippen LogP contribution in [0, 0.1) is 34.9 Å². The molecule has 1 aromatic carbocycles. The predicted molar refractivity (Wildman–Crippen MR) is 115 cm³/mol. The van der Waals surface area contributed by atoms with Crippen LogP contribution in [0.5, 0.6) is 0 Å². The van der Waals surface area contributed by atoms with E-state index in [1.807, 2.05) is 18.2 Å². The fourth-order valence-corrected chi connectivity index (χ4v) is 7.07. The van der Waals surface area contributed by atoms with Crippen molar-refractivity contribution >= 4 is 5.78 Å². The first kappa shape index (κ1) is 19.8. The van der Waals surface area contributed by atoms with Crippen LogP contribution in [-0.4, -0.2) is 16.5 Å². The minimum atomic E-state index is -0.973. The fraction of sp³-hybridized carbons (Fsp3) is 0.519. The zero-order valence-corrected chi connectivity index (χ0v) is 17.8. The van der Waals surface area contributed by atoms with Crippen LogP contribution in [0.3, 0.4) is 0 Å². The molecule has 5 atom stereocenters. The lowest BCUT2D eigenvalue weighted by Crippen LogP contribution is -2.51. The minimum absolute atomic E-state index is 0.132. The lowest BCUT2D eigenvalue weighted by Gasteiger charge is -2.53. The monoisotopic (exact) mass is 404 g/mol. The van der Waals surface area contributed by atoms with E-state index in [1.54, 1.807) is 19.1 Å². The van der Waals surface area contributed by atoms with E-state index in [0.29, 0.717) is 24.7 Å². The number of ketones is 1. The summed E-state index contributed by atoms with van der Waals surface area (Å²) in [4.78, 5) is 12.1. The smallest absolute Gasteiger partial charge is 0.156 e. The molecule has 0 aliphatic heterocycles. The van der Waals surface area contributed by atoms with E-state index >= 15 is 0 Å². The number of rotatable bonds is 1. The van der Waals surface area contributed by atoms with Crippen molar-refractivity contribution < 1.29 is 14.3 Å². The summed E-state index contributed by atoms with van der Waals surface area (Å²) in [6.45, 7) is 4.03. The molecular weight excluding hydrogens is 375 g/mol. The number of benzene rings is 1. The van der Waals surface area contributed by atoms with E-state index in [0.717, 1.165) is 37.7 Å². The van der Waals surface area contributed by atoms with E-state index < -0.39 is 5.60 Å². The molecule has 5 rings (SSSR count). The van der Waals surface area contributed by atoms with Crippen LogP contribution >= 0.6 is 0 Å². The van der Waals surface area contributed by atoms with E-state index in [2.05, 4.69) is 18.8 Å². The van der Waals surface area contributed by atoms with Crippen molar-refractivity contribution in [2.45, 2.75) is 70.3 Å². The first-order valence-electron chi connectivity index (χ1n) is 11.2. The highest BCUT2D eigenvalue weighted by Crippen LogP contribution is 2.66. The predicted octanol–water partition coefficient (Wildman–Crippen LogP) is 5.48. The summed E-state index contributed by atoms with van der Waals surface area (Å²) in [5, 5.41) is 11.6. The second-order valence-corrected chi connectivity index (χ2v) is 9.82. The lowest BCUT2D eigenvalue weighted by atomic mass is 9.51. The van der Waals surface area contributed by atoms with Gasteiger partial charge in [-0.2, -0.15) is 0 Å². The second-order valence-electron chi connectivity index (χ2n) is 9.82. The average molecular weight is 405 g/mol. The van der Waals surface area contributed by atoms with Crippen molar-refractivity contribution in [2.75, 3.05) is 0 Å². The maximum absolute atomic E-state index is 13.7. The quantitative estimate of drug-likeness (QED) is 0.630. The second kappa shape index (κ2) is 6.92. The Balaban J connectivity index is 1.69. The summed E-state index contributed by atoms with van der Waals surface area (Å²) >= 11 is 0. The Morgan fingerprint density at radius 2 is 1.90 bits per heavy atom. The van der Waals surface area contributed by atoms with Gasteiger partial charge in [-0.1, -0.05) is 30.6 Å². The van der Waals surface area contributed by atoms with E-state index in [9.17, 15) is 14.3 Å². The normalized spacial score (nSPS) is 37.5. The van der Waals surface area contributed by atoms with Crippen LogP contribution in [0.2, 0.25) is 0 Å². The molecule has 0 aromatic heterocycles. The molecule has 3 heteroatoms. The highest BCUT2D eigenvalue weighted by Gasteiger charge is 2.62. The van der Waals surface area contributed by atoms with E-state index in [4.69, 9.17) is 0 Å². The van der Waals surface area contributed by atoms with Gasteiger partial charge in [0.15, 0.2) is 5.78 Å². The molecule has 2 saturated carbocycles. The van der Waals surface area contributed by atoms with Crippen molar-refractivity contribution in [3.63, 3.8) is 0 Å². The van der Waals surface area contributed by atoms with Crippen molar-refractivity contribution in [1.29, 1.82) is 0 Å². The Morgan fingerprint density at radius 1 is 1.13 bits per heavy atom. The third-order valence-electron chi connectivity index (χ3n) is 8.49. The average Bonchev–Trinajstić information content (AvgIpc) is 2.98. The highest BCUT2D eigenvalue weighted by atomic mass is 19.1. The van der Waals surface area contributed by atoms with Gasteiger partial charge in [0.2, 0.25) is 0 Å². The van der Waals surface area contributed by atoms with Gasteiger partial charge in [-0.05, 0) is 92.2 Å². The third kappa shape index (κ3) is 2.77. The van der Waals surface area contributed by atoms with Gasteiger partial charge in [0, 0.05) is 17.8 Å². The number of aliphatic hydroxyl groups is 1. The van der Waals surface area contributed by atoms with Gasteiger partial charge >= 0.3 is 0 Å². The molecule has 0 spiro atoms. The van der Waals surface area contributed by atoms with Gasteiger partial charge in [-0.15, -0.1) is 5.92 Å². The summed E-state index contributed by atoms with van der Waals surface area (Å²) in [6.07, 6.45) is 7.73. The van der Waals surface area contributed by atoms with Crippen LogP contribution in [0.25, 0.3) is 0 Å². The number of halogens is 1. The number of hydrogen-bond donors (Lipinski definition) is 1. The number of carbonyl (C=O) groups is 1. The first-order valence-corrected chi connectivity index (χ1v) is 11.2. The Labute approximate surface area is 178 Å². The zero-order valence-electron chi connectivity index (χ0n) is 17.8. The lowest BCUT2D eigenvalue weighted by molar-refractivity contribution is -0.114. The molecule has 0 unspecified atom stereocenters. The standard InChI is InChI=1S/C27H29FO2/c1-3-13-27(30)14-12-24-22-10-6-18-15-20(29)9-11-21(18)25(22)23(16-26(24,27)2)17-4-7-19(28)8-5-17/h4-5,7-8,15,22-24,30H,6,9-12,14,16H2,1-2H3/t22-,23+,24-,26-,27-/m0/s1. The van der Waals surface area contributed by atoms with E-state index in [1.165, 1.54) is 16.7 Å². The molecule has 0 bridgehead atoms. The SMILES string of the molecule is CC#C[C@]1(O)CC[C@H]2[C@@H]3CCC4=CC(=O)CCC4=C3[C@@H](c3ccc(F)cc3)C[C@@]21C. The van der Waals surface area contributed by atoms with Crippen molar-refractivity contribution in [1.82, 2.24) is 0 Å². The van der Waals surface area contributed by atoms with Crippen LogP contribution < -0.4 is 0 Å². The largest absolute Gasteiger partial charge is 0.377 e. The topological polar surface area (TPSA) is 37.3 Å². The highest BCUT2D eigenvalue weighted by molar-refractivity contribution is 5.93. The molecule has 0 radical (unpaired) electrons. The van der Waals surface area contributed by atoms with Gasteiger partial charge in [0.05, 0.1) is 0 Å². The number of fused-ring (bicyclic) bond motifs is 4. The Morgan fingerprint density at radius 3 is 2.63 bits per heavy atom. The van der Waals surface area contributed by atoms with Crippen molar-refractivity contribution in [3.8, 4) is 11.8 Å².